The Hall–Kier alpha value is -1.02. The summed E-state index contributed by atoms with van der Waals surface area (Å²) in [5.74, 6) is 0.913. The zero-order valence-electron chi connectivity index (χ0n) is 11.6. The topological polar surface area (TPSA) is 35.2 Å². The summed E-state index contributed by atoms with van der Waals surface area (Å²) in [6.07, 6.45) is 7.60. The third kappa shape index (κ3) is 3.05. The Morgan fingerprint density at radius 1 is 1.17 bits per heavy atom. The van der Waals surface area contributed by atoms with Gasteiger partial charge in [0.2, 0.25) is 0 Å². The molecule has 0 spiro atoms. The number of rotatable bonds is 4. The van der Waals surface area contributed by atoms with Crippen LogP contribution in [-0.2, 0) is 6.42 Å². The Bertz CT molecular complexity index is 365. The fourth-order valence-electron chi connectivity index (χ4n) is 2.99. The molecule has 18 heavy (non-hydrogen) atoms. The molecule has 2 heteroatoms. The van der Waals surface area contributed by atoms with Gasteiger partial charge in [0.15, 0.2) is 0 Å². The van der Waals surface area contributed by atoms with E-state index in [9.17, 15) is 0 Å². The standard InChI is InChI=1S/C16H25NO/c1-16(10-4-3-5-11-16)15(17)12-13-6-8-14(18-2)9-7-13/h6-9,15H,3-5,10-12,17H2,1-2H3. The molecule has 1 saturated carbocycles. The van der Waals surface area contributed by atoms with Crippen molar-refractivity contribution in [1.82, 2.24) is 0 Å². The number of hydrogen-bond acceptors (Lipinski definition) is 2. The fraction of sp³-hybridized carbons (Fsp3) is 0.625. The second kappa shape index (κ2) is 5.75. The first kappa shape index (κ1) is 13.4. The molecule has 2 nitrogen and oxygen atoms in total. The van der Waals surface area contributed by atoms with E-state index in [2.05, 4.69) is 19.1 Å². The molecule has 1 aliphatic rings. The lowest BCUT2D eigenvalue weighted by Crippen LogP contribution is -2.42. The summed E-state index contributed by atoms with van der Waals surface area (Å²) in [7, 11) is 1.70. The van der Waals surface area contributed by atoms with Gasteiger partial charge in [-0.25, -0.2) is 0 Å². The molecule has 2 rings (SSSR count). The van der Waals surface area contributed by atoms with Crippen LogP contribution in [-0.4, -0.2) is 13.2 Å². The van der Waals surface area contributed by atoms with Crippen molar-refractivity contribution in [3.63, 3.8) is 0 Å². The Morgan fingerprint density at radius 2 is 1.78 bits per heavy atom. The molecule has 0 bridgehead atoms. The van der Waals surface area contributed by atoms with Crippen LogP contribution >= 0.6 is 0 Å². The second-order valence-electron chi connectivity index (χ2n) is 5.87. The zero-order chi connectivity index (χ0) is 13.0. The van der Waals surface area contributed by atoms with Gasteiger partial charge in [-0.2, -0.15) is 0 Å². The van der Waals surface area contributed by atoms with Gasteiger partial charge in [0, 0.05) is 6.04 Å². The largest absolute Gasteiger partial charge is 0.497 e. The Morgan fingerprint density at radius 3 is 2.33 bits per heavy atom. The third-order valence-electron chi connectivity index (χ3n) is 4.51. The van der Waals surface area contributed by atoms with Crippen LogP contribution in [0.5, 0.6) is 5.75 Å². The number of ether oxygens (including phenoxy) is 1. The van der Waals surface area contributed by atoms with Crippen LogP contribution in [0.25, 0.3) is 0 Å². The van der Waals surface area contributed by atoms with Crippen LogP contribution in [0.4, 0.5) is 0 Å². The normalized spacial score (nSPS) is 20.4. The number of nitrogens with two attached hydrogens (primary N) is 1. The second-order valence-corrected chi connectivity index (χ2v) is 5.87. The SMILES string of the molecule is COc1ccc(CC(N)C2(C)CCCCC2)cc1. The van der Waals surface area contributed by atoms with Crippen LogP contribution in [0, 0.1) is 5.41 Å². The molecule has 1 fully saturated rings. The highest BCUT2D eigenvalue weighted by atomic mass is 16.5. The number of benzene rings is 1. The van der Waals surface area contributed by atoms with Crippen LogP contribution in [0.2, 0.25) is 0 Å². The predicted octanol–water partition coefficient (Wildman–Crippen LogP) is 3.54. The first-order valence-corrected chi connectivity index (χ1v) is 7.02. The minimum atomic E-state index is 0.270. The molecular formula is C16H25NO. The van der Waals surface area contributed by atoms with Gasteiger partial charge >= 0.3 is 0 Å². The Kier molecular flexibility index (Phi) is 4.28. The summed E-state index contributed by atoms with van der Waals surface area (Å²) in [6, 6.07) is 8.57. The van der Waals surface area contributed by atoms with Crippen molar-refractivity contribution < 1.29 is 4.74 Å². The molecule has 1 aromatic rings. The van der Waals surface area contributed by atoms with E-state index >= 15 is 0 Å². The van der Waals surface area contributed by atoms with Gasteiger partial charge in [-0.15, -0.1) is 0 Å². The molecule has 0 heterocycles. The molecule has 1 unspecified atom stereocenters. The lowest BCUT2D eigenvalue weighted by molar-refractivity contribution is 0.169. The van der Waals surface area contributed by atoms with E-state index in [4.69, 9.17) is 10.5 Å². The Balaban J connectivity index is 1.98. The first-order valence-electron chi connectivity index (χ1n) is 7.02. The maximum atomic E-state index is 6.45. The number of hydrogen-bond donors (Lipinski definition) is 1. The summed E-state index contributed by atoms with van der Waals surface area (Å²) >= 11 is 0. The van der Waals surface area contributed by atoms with E-state index in [0.29, 0.717) is 5.41 Å². The summed E-state index contributed by atoms with van der Waals surface area (Å²) in [4.78, 5) is 0. The van der Waals surface area contributed by atoms with Gasteiger partial charge in [0.1, 0.15) is 5.75 Å². The van der Waals surface area contributed by atoms with Gasteiger partial charge in [0.25, 0.3) is 0 Å². The smallest absolute Gasteiger partial charge is 0.118 e. The van der Waals surface area contributed by atoms with Gasteiger partial charge in [0.05, 0.1) is 7.11 Å². The van der Waals surface area contributed by atoms with Crippen molar-refractivity contribution in [2.24, 2.45) is 11.1 Å². The molecule has 0 aliphatic heterocycles. The summed E-state index contributed by atoms with van der Waals surface area (Å²) < 4.78 is 5.18. The molecule has 1 atom stereocenters. The summed E-state index contributed by atoms with van der Waals surface area (Å²) in [6.45, 7) is 2.36. The lowest BCUT2D eigenvalue weighted by Gasteiger charge is -2.39. The van der Waals surface area contributed by atoms with Gasteiger partial charge in [-0.05, 0) is 42.4 Å². The fourth-order valence-corrected chi connectivity index (χ4v) is 2.99. The van der Waals surface area contributed by atoms with Gasteiger partial charge < -0.3 is 10.5 Å². The minimum Gasteiger partial charge on any atom is -0.497 e. The lowest BCUT2D eigenvalue weighted by atomic mass is 9.69. The minimum absolute atomic E-state index is 0.270. The zero-order valence-corrected chi connectivity index (χ0v) is 11.6. The van der Waals surface area contributed by atoms with Crippen molar-refractivity contribution in [3.05, 3.63) is 29.8 Å². The highest BCUT2D eigenvalue weighted by Gasteiger charge is 2.32. The van der Waals surface area contributed by atoms with E-state index in [-0.39, 0.29) is 6.04 Å². The van der Waals surface area contributed by atoms with Crippen molar-refractivity contribution in [1.29, 1.82) is 0 Å². The maximum Gasteiger partial charge on any atom is 0.118 e. The van der Waals surface area contributed by atoms with E-state index in [1.807, 2.05) is 12.1 Å². The average Bonchev–Trinajstić information content (AvgIpc) is 2.40. The van der Waals surface area contributed by atoms with Gasteiger partial charge in [-0.1, -0.05) is 38.3 Å². The maximum absolute atomic E-state index is 6.45. The molecule has 0 radical (unpaired) electrons. The van der Waals surface area contributed by atoms with E-state index in [1.165, 1.54) is 37.7 Å². The number of methoxy groups -OCH3 is 1. The van der Waals surface area contributed by atoms with E-state index in [1.54, 1.807) is 7.11 Å². The quantitative estimate of drug-likeness (QED) is 0.883. The van der Waals surface area contributed by atoms with Crippen molar-refractivity contribution in [2.75, 3.05) is 7.11 Å². The molecule has 1 aliphatic carbocycles. The predicted molar refractivity (Wildman–Crippen MR) is 75.9 cm³/mol. The van der Waals surface area contributed by atoms with Crippen molar-refractivity contribution in [3.8, 4) is 5.75 Å². The molecule has 100 valence electrons. The average molecular weight is 247 g/mol. The third-order valence-corrected chi connectivity index (χ3v) is 4.51. The molecule has 0 aromatic heterocycles. The van der Waals surface area contributed by atoms with Crippen molar-refractivity contribution in [2.45, 2.75) is 51.5 Å². The monoisotopic (exact) mass is 247 g/mol. The van der Waals surface area contributed by atoms with E-state index in [0.717, 1.165) is 12.2 Å². The highest BCUT2D eigenvalue weighted by molar-refractivity contribution is 5.27. The molecule has 0 amide bonds. The van der Waals surface area contributed by atoms with Gasteiger partial charge in [-0.3, -0.25) is 0 Å². The molecule has 0 saturated heterocycles. The molecule has 2 N–H and O–H groups in total. The summed E-state index contributed by atoms with van der Waals surface area (Å²) in [5.41, 5.74) is 8.10. The molecular weight excluding hydrogens is 222 g/mol. The van der Waals surface area contributed by atoms with Crippen LogP contribution < -0.4 is 10.5 Å². The summed E-state index contributed by atoms with van der Waals surface area (Å²) in [5, 5.41) is 0. The van der Waals surface area contributed by atoms with Crippen LogP contribution in [0.3, 0.4) is 0 Å². The molecule has 1 aromatic carbocycles. The first-order chi connectivity index (χ1) is 8.64. The van der Waals surface area contributed by atoms with Crippen LogP contribution in [0.1, 0.15) is 44.6 Å². The van der Waals surface area contributed by atoms with Crippen LogP contribution in [0.15, 0.2) is 24.3 Å². The van der Waals surface area contributed by atoms with E-state index < -0.39 is 0 Å². The highest BCUT2D eigenvalue weighted by Crippen LogP contribution is 2.39. The Labute approximate surface area is 111 Å². The van der Waals surface area contributed by atoms with Crippen molar-refractivity contribution >= 4 is 0 Å².